The highest BCUT2D eigenvalue weighted by Gasteiger charge is 2.20. The summed E-state index contributed by atoms with van der Waals surface area (Å²) in [7, 11) is 2.12. The fourth-order valence-corrected chi connectivity index (χ4v) is 3.62. The van der Waals surface area contributed by atoms with Crippen LogP contribution in [-0.2, 0) is 0 Å². The van der Waals surface area contributed by atoms with E-state index in [2.05, 4.69) is 32.4 Å². The van der Waals surface area contributed by atoms with Gasteiger partial charge in [0.2, 0.25) is 0 Å². The van der Waals surface area contributed by atoms with Crippen LogP contribution in [0, 0.1) is 5.82 Å². The van der Waals surface area contributed by atoms with E-state index in [9.17, 15) is 4.39 Å². The van der Waals surface area contributed by atoms with Gasteiger partial charge in [0, 0.05) is 46.3 Å². The SMILES string of the molecule is CN1CCC[C@H](Nc2nnc(-c3ccc(Cl)cc3F)c3ccncc23)C1. The molecule has 0 radical (unpaired) electrons. The minimum Gasteiger partial charge on any atom is -0.364 e. The van der Waals surface area contributed by atoms with Gasteiger partial charge in [0.25, 0.3) is 0 Å². The third-order valence-corrected chi connectivity index (χ3v) is 4.97. The van der Waals surface area contributed by atoms with E-state index >= 15 is 0 Å². The molecule has 7 heteroatoms. The largest absolute Gasteiger partial charge is 0.364 e. The van der Waals surface area contributed by atoms with E-state index in [-0.39, 0.29) is 0 Å². The first-order valence-electron chi connectivity index (χ1n) is 8.63. The first-order valence-corrected chi connectivity index (χ1v) is 9.00. The van der Waals surface area contributed by atoms with Gasteiger partial charge in [-0.15, -0.1) is 10.2 Å². The van der Waals surface area contributed by atoms with Crippen LogP contribution >= 0.6 is 11.6 Å². The monoisotopic (exact) mass is 371 g/mol. The summed E-state index contributed by atoms with van der Waals surface area (Å²) in [5, 5.41) is 14.1. The van der Waals surface area contributed by atoms with Gasteiger partial charge in [-0.25, -0.2) is 4.39 Å². The fourth-order valence-electron chi connectivity index (χ4n) is 3.46. The molecule has 3 aromatic rings. The van der Waals surface area contributed by atoms with Gasteiger partial charge in [0.1, 0.15) is 11.5 Å². The Morgan fingerprint density at radius 2 is 2.12 bits per heavy atom. The summed E-state index contributed by atoms with van der Waals surface area (Å²) in [5.74, 6) is 0.269. The average Bonchev–Trinajstić information content (AvgIpc) is 2.63. The Labute approximate surface area is 156 Å². The average molecular weight is 372 g/mol. The summed E-state index contributed by atoms with van der Waals surface area (Å²) in [5.41, 5.74) is 0.866. The van der Waals surface area contributed by atoms with Gasteiger partial charge in [-0.2, -0.15) is 0 Å². The highest BCUT2D eigenvalue weighted by Crippen LogP contribution is 2.32. The zero-order chi connectivity index (χ0) is 18.1. The van der Waals surface area contributed by atoms with Crippen molar-refractivity contribution >= 4 is 28.2 Å². The molecule has 134 valence electrons. The van der Waals surface area contributed by atoms with Gasteiger partial charge in [-0.3, -0.25) is 4.98 Å². The van der Waals surface area contributed by atoms with Crippen LogP contribution in [0.1, 0.15) is 12.8 Å². The normalized spacial score (nSPS) is 18.2. The number of hydrogen-bond acceptors (Lipinski definition) is 5. The number of nitrogens with zero attached hydrogens (tertiary/aromatic N) is 4. The van der Waals surface area contributed by atoms with Crippen LogP contribution in [-0.4, -0.2) is 46.3 Å². The van der Waals surface area contributed by atoms with Gasteiger partial charge in [-0.1, -0.05) is 11.6 Å². The van der Waals surface area contributed by atoms with Crippen molar-refractivity contribution < 1.29 is 4.39 Å². The molecule has 0 aliphatic carbocycles. The highest BCUT2D eigenvalue weighted by atomic mass is 35.5. The molecule has 1 aromatic carbocycles. The lowest BCUT2D eigenvalue weighted by Crippen LogP contribution is -2.40. The van der Waals surface area contributed by atoms with E-state index in [0.29, 0.717) is 28.1 Å². The van der Waals surface area contributed by atoms with Crippen LogP contribution in [0.3, 0.4) is 0 Å². The number of piperidine rings is 1. The van der Waals surface area contributed by atoms with Crippen LogP contribution in [0.2, 0.25) is 5.02 Å². The Balaban J connectivity index is 1.76. The zero-order valence-electron chi connectivity index (χ0n) is 14.4. The number of likely N-dealkylation sites (N-methyl/N-ethyl adjacent to an activating group) is 1. The van der Waals surface area contributed by atoms with E-state index in [1.165, 1.54) is 6.07 Å². The zero-order valence-corrected chi connectivity index (χ0v) is 15.2. The van der Waals surface area contributed by atoms with Crippen LogP contribution in [0.15, 0.2) is 36.7 Å². The van der Waals surface area contributed by atoms with Crippen molar-refractivity contribution in [2.24, 2.45) is 0 Å². The molecule has 5 nitrogen and oxygen atoms in total. The molecule has 0 amide bonds. The molecule has 4 rings (SSSR count). The second kappa shape index (κ2) is 7.13. The van der Waals surface area contributed by atoms with Crippen molar-refractivity contribution in [2.75, 3.05) is 25.5 Å². The first kappa shape index (κ1) is 17.1. The number of nitrogens with one attached hydrogen (secondary N) is 1. The molecule has 1 aliphatic rings. The van der Waals surface area contributed by atoms with E-state index in [1.54, 1.807) is 24.5 Å². The number of likely N-dealkylation sites (tertiary alicyclic amines) is 1. The standard InChI is InChI=1S/C19H19ClFN5/c1-26-8-2-3-13(11-26)23-19-16-10-22-7-6-14(16)18(24-25-19)15-5-4-12(20)9-17(15)21/h4-7,9-10,13H,2-3,8,11H2,1H3,(H,23,25)/t13-/m0/s1. The lowest BCUT2D eigenvalue weighted by molar-refractivity contribution is 0.261. The Kier molecular flexibility index (Phi) is 4.70. The molecular formula is C19H19ClFN5. The minimum atomic E-state index is -0.417. The van der Waals surface area contributed by atoms with E-state index in [4.69, 9.17) is 11.6 Å². The lowest BCUT2D eigenvalue weighted by Gasteiger charge is -2.30. The fraction of sp³-hybridized carbons (Fsp3) is 0.316. The molecule has 2 aromatic heterocycles. The van der Waals surface area contributed by atoms with Gasteiger partial charge in [-0.05, 0) is 50.7 Å². The number of benzene rings is 1. The Morgan fingerprint density at radius 1 is 1.23 bits per heavy atom. The Bertz CT molecular complexity index is 948. The third kappa shape index (κ3) is 3.34. The number of hydrogen-bond donors (Lipinski definition) is 1. The maximum atomic E-state index is 14.4. The van der Waals surface area contributed by atoms with Crippen molar-refractivity contribution in [1.29, 1.82) is 0 Å². The topological polar surface area (TPSA) is 53.9 Å². The number of pyridine rings is 1. The molecule has 1 aliphatic heterocycles. The molecule has 3 heterocycles. The minimum absolute atomic E-state index is 0.310. The third-order valence-electron chi connectivity index (χ3n) is 4.73. The van der Waals surface area contributed by atoms with E-state index < -0.39 is 5.82 Å². The predicted octanol–water partition coefficient (Wildman–Crippen LogP) is 3.99. The smallest absolute Gasteiger partial charge is 0.158 e. The summed E-state index contributed by atoms with van der Waals surface area (Å²) in [6.45, 7) is 2.07. The molecule has 1 saturated heterocycles. The molecule has 26 heavy (non-hydrogen) atoms. The van der Waals surface area contributed by atoms with Crippen molar-refractivity contribution in [2.45, 2.75) is 18.9 Å². The van der Waals surface area contributed by atoms with E-state index in [1.807, 2.05) is 6.07 Å². The Hall–Kier alpha value is -2.31. The molecule has 1 atom stereocenters. The van der Waals surface area contributed by atoms with E-state index in [0.717, 1.165) is 36.7 Å². The van der Waals surface area contributed by atoms with Crippen LogP contribution in [0.4, 0.5) is 10.2 Å². The van der Waals surface area contributed by atoms with Crippen LogP contribution in [0.25, 0.3) is 22.0 Å². The number of rotatable bonds is 3. The van der Waals surface area contributed by atoms with Crippen molar-refractivity contribution in [3.8, 4) is 11.3 Å². The summed E-state index contributed by atoms with van der Waals surface area (Å²) < 4.78 is 14.4. The molecule has 0 unspecified atom stereocenters. The molecule has 1 fully saturated rings. The van der Waals surface area contributed by atoms with Gasteiger partial charge in [0.15, 0.2) is 5.82 Å². The summed E-state index contributed by atoms with van der Waals surface area (Å²) >= 11 is 5.87. The lowest BCUT2D eigenvalue weighted by atomic mass is 10.0. The van der Waals surface area contributed by atoms with Gasteiger partial charge in [0.05, 0.1) is 0 Å². The molecule has 0 bridgehead atoms. The van der Waals surface area contributed by atoms with Gasteiger partial charge < -0.3 is 10.2 Å². The number of halogens is 2. The van der Waals surface area contributed by atoms with Gasteiger partial charge >= 0.3 is 0 Å². The maximum Gasteiger partial charge on any atom is 0.158 e. The number of anilines is 1. The quantitative estimate of drug-likeness (QED) is 0.754. The van der Waals surface area contributed by atoms with Crippen LogP contribution in [0.5, 0.6) is 0 Å². The van der Waals surface area contributed by atoms with Crippen molar-refractivity contribution in [3.05, 3.63) is 47.5 Å². The maximum absolute atomic E-state index is 14.4. The first-order chi connectivity index (χ1) is 12.6. The molecule has 0 spiro atoms. The molecule has 1 N–H and O–H groups in total. The predicted molar refractivity (Wildman–Crippen MR) is 102 cm³/mol. The number of aromatic nitrogens is 3. The van der Waals surface area contributed by atoms with Crippen molar-refractivity contribution in [1.82, 2.24) is 20.1 Å². The van der Waals surface area contributed by atoms with Crippen molar-refractivity contribution in [3.63, 3.8) is 0 Å². The molecule has 0 saturated carbocycles. The highest BCUT2D eigenvalue weighted by molar-refractivity contribution is 6.30. The summed E-state index contributed by atoms with van der Waals surface area (Å²) in [6.07, 6.45) is 5.66. The number of fused-ring (bicyclic) bond motifs is 1. The second-order valence-corrected chi connectivity index (χ2v) is 7.12. The molecular weight excluding hydrogens is 353 g/mol. The summed E-state index contributed by atoms with van der Waals surface area (Å²) in [4.78, 5) is 6.52. The Morgan fingerprint density at radius 3 is 2.92 bits per heavy atom. The second-order valence-electron chi connectivity index (χ2n) is 6.69. The summed E-state index contributed by atoms with van der Waals surface area (Å²) in [6, 6.07) is 6.72. The van der Waals surface area contributed by atoms with Crippen LogP contribution < -0.4 is 5.32 Å².